The molecule has 0 bridgehead atoms. The van der Waals surface area contributed by atoms with Gasteiger partial charge in [0.05, 0.1) is 0 Å². The number of amides is 1. The van der Waals surface area contributed by atoms with Crippen LogP contribution in [0.1, 0.15) is 37.8 Å². The van der Waals surface area contributed by atoms with E-state index in [0.717, 1.165) is 10.0 Å². The molecule has 2 aromatic carbocycles. The van der Waals surface area contributed by atoms with Gasteiger partial charge in [-0.25, -0.2) is 0 Å². The van der Waals surface area contributed by atoms with E-state index in [4.69, 9.17) is 5.73 Å². The maximum atomic E-state index is 12.6. The van der Waals surface area contributed by atoms with Crippen LogP contribution >= 0.6 is 28.3 Å². The molecule has 24 heavy (non-hydrogen) atoms. The van der Waals surface area contributed by atoms with Crippen LogP contribution in [0.2, 0.25) is 0 Å². The lowest BCUT2D eigenvalue weighted by Crippen LogP contribution is -2.52. The van der Waals surface area contributed by atoms with Gasteiger partial charge in [0, 0.05) is 16.4 Å². The summed E-state index contributed by atoms with van der Waals surface area (Å²) in [6.45, 7) is 5.85. The lowest BCUT2D eigenvalue weighted by Gasteiger charge is -2.29. The average Bonchev–Trinajstić information content (AvgIpc) is 2.55. The fourth-order valence-corrected chi connectivity index (χ4v) is 2.72. The third-order valence-corrected chi connectivity index (χ3v) is 4.88. The zero-order valence-corrected chi connectivity index (χ0v) is 16.5. The van der Waals surface area contributed by atoms with Crippen LogP contribution in [0.4, 0.5) is 0 Å². The van der Waals surface area contributed by atoms with Gasteiger partial charge >= 0.3 is 0 Å². The average molecular weight is 412 g/mol. The van der Waals surface area contributed by atoms with Crippen molar-refractivity contribution in [1.82, 2.24) is 5.32 Å². The molecule has 0 aliphatic heterocycles. The molecule has 0 saturated heterocycles. The smallest absolute Gasteiger partial charge is 0.244 e. The van der Waals surface area contributed by atoms with E-state index in [2.05, 4.69) is 40.3 Å². The Labute approximate surface area is 158 Å². The van der Waals surface area contributed by atoms with Crippen molar-refractivity contribution in [3.63, 3.8) is 0 Å². The molecule has 0 radical (unpaired) electrons. The predicted octanol–water partition coefficient (Wildman–Crippen LogP) is 4.35. The lowest BCUT2D eigenvalue weighted by molar-refractivity contribution is -0.126. The molecule has 3 unspecified atom stereocenters. The third kappa shape index (κ3) is 4.82. The molecule has 0 heterocycles. The largest absolute Gasteiger partial charge is 0.351 e. The van der Waals surface area contributed by atoms with E-state index < -0.39 is 5.54 Å². The van der Waals surface area contributed by atoms with Gasteiger partial charge in [0.25, 0.3) is 0 Å². The summed E-state index contributed by atoms with van der Waals surface area (Å²) in [7, 11) is 0. The Bertz CT molecular complexity index is 659. The van der Waals surface area contributed by atoms with Crippen molar-refractivity contribution in [2.75, 3.05) is 0 Å². The van der Waals surface area contributed by atoms with Crippen LogP contribution in [0.3, 0.4) is 0 Å². The van der Waals surface area contributed by atoms with E-state index in [1.54, 1.807) is 6.92 Å². The van der Waals surface area contributed by atoms with Crippen LogP contribution in [0.5, 0.6) is 0 Å². The first-order valence-corrected chi connectivity index (χ1v) is 8.52. The third-order valence-electron chi connectivity index (χ3n) is 4.35. The summed E-state index contributed by atoms with van der Waals surface area (Å²) < 4.78 is 0.962. The van der Waals surface area contributed by atoms with Gasteiger partial charge in [0.2, 0.25) is 5.91 Å². The van der Waals surface area contributed by atoms with Crippen LogP contribution in [-0.2, 0) is 10.3 Å². The second-order valence-corrected chi connectivity index (χ2v) is 7.09. The number of halogens is 2. The fraction of sp³-hybridized carbons (Fsp3) is 0.316. The van der Waals surface area contributed by atoms with E-state index in [1.807, 2.05) is 49.4 Å². The molecular weight excluding hydrogens is 388 g/mol. The molecule has 130 valence electrons. The molecule has 3 nitrogen and oxygen atoms in total. The first-order chi connectivity index (χ1) is 10.8. The summed E-state index contributed by atoms with van der Waals surface area (Å²) in [6, 6.07) is 17.7. The molecule has 1 amide bonds. The van der Waals surface area contributed by atoms with Crippen LogP contribution in [0, 0.1) is 0 Å². The molecule has 0 aromatic heterocycles. The molecule has 0 aliphatic carbocycles. The number of hydrogen-bond donors (Lipinski definition) is 2. The highest BCUT2D eigenvalue weighted by atomic mass is 79.9. The summed E-state index contributed by atoms with van der Waals surface area (Å²) in [5.41, 5.74) is 7.21. The summed E-state index contributed by atoms with van der Waals surface area (Å²) in [6.07, 6.45) is 0. The van der Waals surface area contributed by atoms with Crippen molar-refractivity contribution in [3.8, 4) is 0 Å². The van der Waals surface area contributed by atoms with Crippen molar-refractivity contribution in [2.45, 2.75) is 38.3 Å². The Kier molecular flexibility index (Phi) is 7.46. The molecule has 0 fully saturated rings. The maximum absolute atomic E-state index is 12.6. The van der Waals surface area contributed by atoms with Crippen molar-refractivity contribution >= 4 is 34.2 Å². The van der Waals surface area contributed by atoms with Crippen molar-refractivity contribution < 1.29 is 4.79 Å². The fourth-order valence-electron chi connectivity index (χ4n) is 2.45. The highest BCUT2D eigenvalue weighted by Crippen LogP contribution is 2.23. The van der Waals surface area contributed by atoms with Gasteiger partial charge in [0.1, 0.15) is 5.54 Å². The number of benzene rings is 2. The standard InChI is InChI=1S/C19H23BrN2O.ClH/c1-13(15-7-5-4-6-8-15)14(2)22-18(23)19(3,21)16-9-11-17(20)12-10-16;/h4-14H,21H2,1-3H3,(H,22,23);1H. The molecule has 0 spiro atoms. The van der Waals surface area contributed by atoms with Gasteiger partial charge < -0.3 is 11.1 Å². The molecule has 0 aliphatic rings. The van der Waals surface area contributed by atoms with E-state index in [0.29, 0.717) is 0 Å². The molecule has 2 rings (SSSR count). The Morgan fingerprint density at radius 2 is 1.62 bits per heavy atom. The summed E-state index contributed by atoms with van der Waals surface area (Å²) in [5.74, 6) is 0.0379. The van der Waals surface area contributed by atoms with Gasteiger partial charge in [-0.15, -0.1) is 12.4 Å². The Morgan fingerprint density at radius 3 is 2.17 bits per heavy atom. The van der Waals surface area contributed by atoms with Crippen LogP contribution in [0.15, 0.2) is 59.1 Å². The van der Waals surface area contributed by atoms with E-state index in [-0.39, 0.29) is 30.3 Å². The van der Waals surface area contributed by atoms with Crippen molar-refractivity contribution in [2.24, 2.45) is 5.73 Å². The minimum atomic E-state index is -1.06. The Hall–Kier alpha value is -1.36. The number of nitrogens with one attached hydrogen (secondary N) is 1. The molecule has 0 saturated carbocycles. The minimum absolute atomic E-state index is 0. The number of hydrogen-bond acceptors (Lipinski definition) is 2. The van der Waals surface area contributed by atoms with Gasteiger partial charge in [-0.2, -0.15) is 0 Å². The van der Waals surface area contributed by atoms with Crippen LogP contribution < -0.4 is 11.1 Å². The quantitative estimate of drug-likeness (QED) is 0.768. The number of rotatable bonds is 5. The van der Waals surface area contributed by atoms with Crippen molar-refractivity contribution in [3.05, 3.63) is 70.2 Å². The predicted molar refractivity (Wildman–Crippen MR) is 105 cm³/mol. The highest BCUT2D eigenvalue weighted by Gasteiger charge is 2.32. The topological polar surface area (TPSA) is 55.1 Å². The second-order valence-electron chi connectivity index (χ2n) is 6.17. The van der Waals surface area contributed by atoms with Gasteiger partial charge in [-0.3, -0.25) is 4.79 Å². The van der Waals surface area contributed by atoms with Gasteiger partial charge in [-0.05, 0) is 37.1 Å². The Balaban J connectivity index is 0.00000288. The van der Waals surface area contributed by atoms with Gasteiger partial charge in [-0.1, -0.05) is 65.3 Å². The summed E-state index contributed by atoms with van der Waals surface area (Å²) in [4.78, 5) is 12.6. The zero-order valence-electron chi connectivity index (χ0n) is 14.1. The second kappa shape index (κ2) is 8.65. The van der Waals surface area contributed by atoms with Gasteiger partial charge in [0.15, 0.2) is 0 Å². The zero-order chi connectivity index (χ0) is 17.0. The summed E-state index contributed by atoms with van der Waals surface area (Å²) in [5, 5.41) is 3.06. The molecule has 2 aromatic rings. The van der Waals surface area contributed by atoms with E-state index in [9.17, 15) is 4.79 Å². The Morgan fingerprint density at radius 1 is 1.08 bits per heavy atom. The van der Waals surface area contributed by atoms with E-state index >= 15 is 0 Å². The normalized spacial score (nSPS) is 15.5. The first kappa shape index (κ1) is 20.7. The van der Waals surface area contributed by atoms with E-state index in [1.165, 1.54) is 5.56 Å². The van der Waals surface area contributed by atoms with Crippen molar-refractivity contribution in [1.29, 1.82) is 0 Å². The minimum Gasteiger partial charge on any atom is -0.351 e. The number of carbonyl (C=O) groups is 1. The monoisotopic (exact) mass is 410 g/mol. The maximum Gasteiger partial charge on any atom is 0.244 e. The van der Waals surface area contributed by atoms with Crippen LogP contribution in [-0.4, -0.2) is 11.9 Å². The lowest BCUT2D eigenvalue weighted by atomic mass is 9.90. The highest BCUT2D eigenvalue weighted by molar-refractivity contribution is 9.10. The number of carbonyl (C=O) groups excluding carboxylic acids is 1. The number of nitrogens with two attached hydrogens (primary N) is 1. The van der Waals surface area contributed by atoms with Crippen LogP contribution in [0.25, 0.3) is 0 Å². The SMILES string of the molecule is CC(NC(=O)C(C)(N)c1ccc(Br)cc1)C(C)c1ccccc1.Cl. The molecule has 3 N–H and O–H groups in total. The molecule has 5 heteroatoms. The molecule has 3 atom stereocenters. The molecular formula is C19H24BrClN2O. The summed E-state index contributed by atoms with van der Waals surface area (Å²) >= 11 is 3.39. The first-order valence-electron chi connectivity index (χ1n) is 7.73.